The fraction of sp³-hybridized carbons (Fsp3) is 0.143. The molecule has 21 heavy (non-hydrogen) atoms. The van der Waals surface area contributed by atoms with Gasteiger partial charge >= 0.3 is 0 Å². The molecule has 0 aliphatic rings. The average Bonchev–Trinajstić information content (AvgIpc) is 2.40. The molecular weight excluding hydrogens is 359 g/mol. The maximum atomic E-state index is 13.1. The Balaban J connectivity index is 1.99. The molecular formula is C14H14BrFN2O2S. The van der Waals surface area contributed by atoms with E-state index in [9.17, 15) is 12.8 Å². The van der Waals surface area contributed by atoms with Crippen LogP contribution in [-0.2, 0) is 22.3 Å². The summed E-state index contributed by atoms with van der Waals surface area (Å²) in [6.45, 7) is 0.535. The number of hydrogen-bond donors (Lipinski definition) is 2. The highest BCUT2D eigenvalue weighted by molar-refractivity contribution is 9.10. The molecule has 4 nitrogen and oxygen atoms in total. The van der Waals surface area contributed by atoms with E-state index in [0.717, 1.165) is 11.3 Å². The Bertz CT molecular complexity index is 733. The summed E-state index contributed by atoms with van der Waals surface area (Å²) in [6.07, 6.45) is 0. The van der Waals surface area contributed by atoms with Crippen molar-refractivity contribution in [1.29, 1.82) is 0 Å². The zero-order valence-electron chi connectivity index (χ0n) is 11.0. The fourth-order valence-electron chi connectivity index (χ4n) is 1.80. The first-order valence-corrected chi connectivity index (χ1v) is 8.61. The van der Waals surface area contributed by atoms with Crippen molar-refractivity contribution in [3.05, 3.63) is 63.9 Å². The molecule has 0 saturated heterocycles. The summed E-state index contributed by atoms with van der Waals surface area (Å²) in [7, 11) is -3.52. The molecule has 7 heteroatoms. The van der Waals surface area contributed by atoms with Gasteiger partial charge in [0.2, 0.25) is 10.0 Å². The molecule has 0 aliphatic heterocycles. The molecule has 2 rings (SSSR count). The molecule has 2 aromatic carbocycles. The predicted octanol–water partition coefficient (Wildman–Crippen LogP) is 2.99. The van der Waals surface area contributed by atoms with Gasteiger partial charge in [0, 0.05) is 12.2 Å². The highest BCUT2D eigenvalue weighted by Gasteiger charge is 2.05. The van der Waals surface area contributed by atoms with Crippen LogP contribution in [0.15, 0.2) is 46.9 Å². The third-order valence-electron chi connectivity index (χ3n) is 2.80. The quantitative estimate of drug-likeness (QED) is 0.847. The van der Waals surface area contributed by atoms with Gasteiger partial charge in [-0.15, -0.1) is 0 Å². The Morgan fingerprint density at radius 2 is 1.71 bits per heavy atom. The van der Waals surface area contributed by atoms with Gasteiger partial charge in [-0.2, -0.15) is 0 Å². The van der Waals surface area contributed by atoms with Gasteiger partial charge in [0.25, 0.3) is 0 Å². The van der Waals surface area contributed by atoms with Gasteiger partial charge in [-0.25, -0.2) is 17.9 Å². The fourth-order valence-corrected chi connectivity index (χ4v) is 2.89. The Morgan fingerprint density at radius 3 is 2.29 bits per heavy atom. The van der Waals surface area contributed by atoms with Crippen LogP contribution in [0.25, 0.3) is 0 Å². The van der Waals surface area contributed by atoms with Crippen molar-refractivity contribution in [2.45, 2.75) is 12.3 Å². The second kappa shape index (κ2) is 6.55. The first-order valence-electron chi connectivity index (χ1n) is 6.11. The number of halogens is 2. The zero-order chi connectivity index (χ0) is 15.5. The molecule has 0 bridgehead atoms. The molecule has 0 spiro atoms. The second-order valence-corrected chi connectivity index (χ2v) is 7.07. The minimum atomic E-state index is -3.52. The largest absolute Gasteiger partial charge is 0.381 e. The van der Waals surface area contributed by atoms with E-state index in [1.807, 2.05) is 0 Å². The van der Waals surface area contributed by atoms with Crippen LogP contribution >= 0.6 is 15.9 Å². The van der Waals surface area contributed by atoms with Crippen molar-refractivity contribution in [1.82, 2.24) is 0 Å². The zero-order valence-corrected chi connectivity index (χ0v) is 13.4. The van der Waals surface area contributed by atoms with Crippen LogP contribution in [0.5, 0.6) is 0 Å². The van der Waals surface area contributed by atoms with Gasteiger partial charge in [-0.3, -0.25) is 0 Å². The summed E-state index contributed by atoms with van der Waals surface area (Å²) < 4.78 is 35.5. The minimum absolute atomic E-state index is 0.182. The smallest absolute Gasteiger partial charge is 0.213 e. The van der Waals surface area contributed by atoms with Crippen molar-refractivity contribution >= 4 is 31.6 Å². The lowest BCUT2D eigenvalue weighted by Crippen LogP contribution is -2.14. The lowest BCUT2D eigenvalue weighted by molar-refractivity contribution is 0.597. The second-order valence-electron chi connectivity index (χ2n) is 4.61. The highest BCUT2D eigenvalue weighted by Crippen LogP contribution is 2.18. The van der Waals surface area contributed by atoms with E-state index in [-0.39, 0.29) is 11.6 Å². The Morgan fingerprint density at radius 1 is 1.10 bits per heavy atom. The number of rotatable bonds is 5. The van der Waals surface area contributed by atoms with E-state index in [4.69, 9.17) is 5.14 Å². The summed E-state index contributed by atoms with van der Waals surface area (Å²) >= 11 is 3.14. The summed E-state index contributed by atoms with van der Waals surface area (Å²) in [4.78, 5) is 0. The molecule has 0 aromatic heterocycles. The number of sulfonamides is 1. The van der Waals surface area contributed by atoms with Crippen molar-refractivity contribution in [3.63, 3.8) is 0 Å². The Hall–Kier alpha value is -1.44. The predicted molar refractivity (Wildman–Crippen MR) is 84.7 cm³/mol. The summed E-state index contributed by atoms with van der Waals surface area (Å²) in [5.74, 6) is -0.482. The molecule has 0 unspecified atom stereocenters. The number of primary sulfonamides is 1. The number of nitrogens with two attached hydrogens (primary N) is 1. The Kier molecular flexibility index (Phi) is 4.97. The molecule has 2 aromatic rings. The molecule has 3 N–H and O–H groups in total. The third-order valence-corrected chi connectivity index (χ3v) is 4.15. The normalized spacial score (nSPS) is 11.4. The van der Waals surface area contributed by atoms with Crippen molar-refractivity contribution in [3.8, 4) is 0 Å². The maximum absolute atomic E-state index is 13.1. The standard InChI is InChI=1S/C14H14BrFN2O2S/c15-13-7-11(3-6-14(13)16)8-18-12-4-1-10(2-5-12)9-21(17,19)20/h1-7,18H,8-9H2,(H2,17,19,20). The van der Waals surface area contributed by atoms with E-state index in [0.29, 0.717) is 16.6 Å². The van der Waals surface area contributed by atoms with Gasteiger partial charge in [0.1, 0.15) is 5.82 Å². The van der Waals surface area contributed by atoms with Crippen LogP contribution in [0.2, 0.25) is 0 Å². The van der Waals surface area contributed by atoms with Crippen LogP contribution in [0.1, 0.15) is 11.1 Å². The monoisotopic (exact) mass is 372 g/mol. The van der Waals surface area contributed by atoms with Crippen LogP contribution in [0.4, 0.5) is 10.1 Å². The van der Waals surface area contributed by atoms with Gasteiger partial charge in [0.15, 0.2) is 0 Å². The van der Waals surface area contributed by atoms with E-state index in [2.05, 4.69) is 21.2 Å². The summed E-state index contributed by atoms with van der Waals surface area (Å²) in [5.41, 5.74) is 2.40. The van der Waals surface area contributed by atoms with Crippen LogP contribution in [0, 0.1) is 5.82 Å². The van der Waals surface area contributed by atoms with E-state index in [1.54, 1.807) is 36.4 Å². The van der Waals surface area contributed by atoms with Crippen LogP contribution < -0.4 is 10.5 Å². The van der Waals surface area contributed by atoms with Crippen LogP contribution in [-0.4, -0.2) is 8.42 Å². The first-order chi connectivity index (χ1) is 9.83. The lowest BCUT2D eigenvalue weighted by Gasteiger charge is -2.08. The summed E-state index contributed by atoms with van der Waals surface area (Å²) in [5, 5.41) is 8.16. The lowest BCUT2D eigenvalue weighted by atomic mass is 10.2. The molecule has 0 aliphatic carbocycles. The van der Waals surface area contributed by atoms with Gasteiger partial charge in [-0.05, 0) is 51.3 Å². The first kappa shape index (κ1) is 15.9. The molecule has 112 valence electrons. The molecule has 0 saturated carbocycles. The van der Waals surface area contributed by atoms with Crippen LogP contribution in [0.3, 0.4) is 0 Å². The van der Waals surface area contributed by atoms with E-state index < -0.39 is 10.0 Å². The molecule has 0 heterocycles. The Labute approximate surface area is 131 Å². The minimum Gasteiger partial charge on any atom is -0.381 e. The van der Waals surface area contributed by atoms with Crippen molar-refractivity contribution in [2.75, 3.05) is 5.32 Å². The van der Waals surface area contributed by atoms with E-state index in [1.165, 1.54) is 6.07 Å². The highest BCUT2D eigenvalue weighted by atomic mass is 79.9. The topological polar surface area (TPSA) is 72.2 Å². The number of anilines is 1. The molecule has 0 amide bonds. The number of hydrogen-bond acceptors (Lipinski definition) is 3. The van der Waals surface area contributed by atoms with Gasteiger partial charge in [-0.1, -0.05) is 18.2 Å². The molecule has 0 atom stereocenters. The average molecular weight is 373 g/mol. The molecule has 0 radical (unpaired) electrons. The third kappa shape index (κ3) is 5.11. The van der Waals surface area contributed by atoms with Crippen molar-refractivity contribution in [2.24, 2.45) is 5.14 Å². The van der Waals surface area contributed by atoms with Gasteiger partial charge < -0.3 is 5.32 Å². The maximum Gasteiger partial charge on any atom is 0.213 e. The summed E-state index contributed by atoms with van der Waals surface area (Å²) in [6, 6.07) is 11.8. The number of benzene rings is 2. The SMILES string of the molecule is NS(=O)(=O)Cc1ccc(NCc2ccc(F)c(Br)c2)cc1. The molecule has 0 fully saturated rings. The van der Waals surface area contributed by atoms with Gasteiger partial charge in [0.05, 0.1) is 10.2 Å². The van der Waals surface area contributed by atoms with Crippen molar-refractivity contribution < 1.29 is 12.8 Å². The number of nitrogens with one attached hydrogen (secondary N) is 1. The van der Waals surface area contributed by atoms with E-state index >= 15 is 0 Å².